The molecule has 2 aromatic rings. The van der Waals surface area contributed by atoms with Crippen LogP contribution in [0.5, 0.6) is 0 Å². The molecular formula is C15H23N3O. The number of aromatic nitrogens is 2. The molecule has 4 nitrogen and oxygen atoms in total. The van der Waals surface area contributed by atoms with E-state index in [4.69, 9.17) is 15.5 Å². The van der Waals surface area contributed by atoms with Crippen LogP contribution in [0.25, 0.3) is 11.0 Å². The maximum Gasteiger partial charge on any atom is 0.112 e. The largest absolute Gasteiger partial charge is 0.381 e. The number of hydrogen-bond acceptors (Lipinski definition) is 3. The number of imidazole rings is 1. The molecule has 0 fully saturated rings. The van der Waals surface area contributed by atoms with E-state index < -0.39 is 0 Å². The Morgan fingerprint density at radius 2 is 2.16 bits per heavy atom. The fourth-order valence-electron chi connectivity index (χ4n) is 2.32. The van der Waals surface area contributed by atoms with E-state index >= 15 is 0 Å². The highest BCUT2D eigenvalue weighted by molar-refractivity contribution is 5.77. The molecule has 1 heterocycles. The van der Waals surface area contributed by atoms with Crippen molar-refractivity contribution in [2.24, 2.45) is 5.73 Å². The summed E-state index contributed by atoms with van der Waals surface area (Å²) >= 11 is 0. The van der Waals surface area contributed by atoms with Crippen LogP contribution >= 0.6 is 0 Å². The number of ether oxygens (including phenoxy) is 1. The smallest absolute Gasteiger partial charge is 0.112 e. The van der Waals surface area contributed by atoms with Crippen LogP contribution in [0.4, 0.5) is 0 Å². The minimum Gasteiger partial charge on any atom is -0.381 e. The van der Waals surface area contributed by atoms with Gasteiger partial charge in [0.2, 0.25) is 0 Å². The fourth-order valence-corrected chi connectivity index (χ4v) is 2.32. The van der Waals surface area contributed by atoms with Gasteiger partial charge in [0, 0.05) is 26.1 Å². The van der Waals surface area contributed by atoms with Crippen molar-refractivity contribution in [1.82, 2.24) is 9.55 Å². The SMILES string of the molecule is CCCn1c(CCOCC)nc2cc(CN)ccc21. The molecule has 0 atom stereocenters. The molecule has 0 bridgehead atoms. The van der Waals surface area contributed by atoms with Crippen molar-refractivity contribution in [2.45, 2.75) is 39.8 Å². The zero-order valence-electron chi connectivity index (χ0n) is 11.9. The van der Waals surface area contributed by atoms with Crippen LogP contribution in [0.1, 0.15) is 31.7 Å². The molecular weight excluding hydrogens is 238 g/mol. The molecule has 0 aliphatic carbocycles. The van der Waals surface area contributed by atoms with Crippen LogP contribution in [-0.4, -0.2) is 22.8 Å². The summed E-state index contributed by atoms with van der Waals surface area (Å²) in [7, 11) is 0. The number of benzene rings is 1. The molecule has 4 heteroatoms. The Bertz CT molecular complexity index is 533. The predicted molar refractivity (Wildman–Crippen MR) is 78.1 cm³/mol. The second kappa shape index (κ2) is 6.68. The molecule has 104 valence electrons. The van der Waals surface area contributed by atoms with Crippen molar-refractivity contribution in [3.05, 3.63) is 29.6 Å². The normalized spacial score (nSPS) is 11.3. The van der Waals surface area contributed by atoms with Gasteiger partial charge in [0.05, 0.1) is 17.6 Å². The summed E-state index contributed by atoms with van der Waals surface area (Å²) in [5.74, 6) is 1.11. The van der Waals surface area contributed by atoms with Gasteiger partial charge in [0.25, 0.3) is 0 Å². The lowest BCUT2D eigenvalue weighted by Gasteiger charge is -2.07. The van der Waals surface area contributed by atoms with Gasteiger partial charge in [-0.05, 0) is 31.0 Å². The molecule has 2 N–H and O–H groups in total. The minimum absolute atomic E-state index is 0.560. The average molecular weight is 261 g/mol. The summed E-state index contributed by atoms with van der Waals surface area (Å²) in [5.41, 5.74) is 9.06. The molecule has 0 saturated heterocycles. The van der Waals surface area contributed by atoms with Crippen LogP contribution in [-0.2, 0) is 24.2 Å². The maximum absolute atomic E-state index is 5.69. The van der Waals surface area contributed by atoms with E-state index in [0.717, 1.165) is 49.5 Å². The third-order valence-electron chi connectivity index (χ3n) is 3.25. The second-order valence-electron chi connectivity index (χ2n) is 4.65. The zero-order valence-corrected chi connectivity index (χ0v) is 11.9. The minimum atomic E-state index is 0.560. The van der Waals surface area contributed by atoms with E-state index in [2.05, 4.69) is 29.7 Å². The number of hydrogen-bond donors (Lipinski definition) is 1. The molecule has 0 aliphatic heterocycles. The Labute approximate surface area is 114 Å². The van der Waals surface area contributed by atoms with Gasteiger partial charge in [0.15, 0.2) is 0 Å². The summed E-state index contributed by atoms with van der Waals surface area (Å²) in [6.45, 7) is 7.25. The first-order valence-corrected chi connectivity index (χ1v) is 7.06. The van der Waals surface area contributed by atoms with Crippen LogP contribution in [0.3, 0.4) is 0 Å². The summed E-state index contributed by atoms with van der Waals surface area (Å²) < 4.78 is 7.74. The molecule has 0 saturated carbocycles. The molecule has 0 aliphatic rings. The maximum atomic E-state index is 5.69. The Balaban J connectivity index is 2.34. The summed E-state index contributed by atoms with van der Waals surface area (Å²) in [5, 5.41) is 0. The highest BCUT2D eigenvalue weighted by atomic mass is 16.5. The Kier molecular flexibility index (Phi) is 4.93. The number of aryl methyl sites for hydroxylation is 1. The van der Waals surface area contributed by atoms with E-state index in [0.29, 0.717) is 6.54 Å². The lowest BCUT2D eigenvalue weighted by atomic mass is 10.2. The van der Waals surface area contributed by atoms with Gasteiger partial charge < -0.3 is 15.0 Å². The quantitative estimate of drug-likeness (QED) is 0.779. The zero-order chi connectivity index (χ0) is 13.7. The van der Waals surface area contributed by atoms with Crippen LogP contribution in [0.15, 0.2) is 18.2 Å². The van der Waals surface area contributed by atoms with Crippen molar-refractivity contribution >= 4 is 11.0 Å². The number of nitrogens with zero attached hydrogens (tertiary/aromatic N) is 2. The van der Waals surface area contributed by atoms with E-state index in [1.165, 1.54) is 5.52 Å². The van der Waals surface area contributed by atoms with E-state index in [1.807, 2.05) is 6.92 Å². The van der Waals surface area contributed by atoms with Crippen LogP contribution < -0.4 is 5.73 Å². The van der Waals surface area contributed by atoms with Gasteiger partial charge in [-0.25, -0.2) is 4.98 Å². The van der Waals surface area contributed by atoms with Crippen LogP contribution in [0, 0.1) is 0 Å². The molecule has 0 radical (unpaired) electrons. The fraction of sp³-hybridized carbons (Fsp3) is 0.533. The van der Waals surface area contributed by atoms with Gasteiger partial charge in [-0.1, -0.05) is 13.0 Å². The lowest BCUT2D eigenvalue weighted by Crippen LogP contribution is -2.07. The number of rotatable bonds is 7. The summed E-state index contributed by atoms with van der Waals surface area (Å²) in [6.07, 6.45) is 1.96. The van der Waals surface area contributed by atoms with E-state index in [1.54, 1.807) is 0 Å². The Morgan fingerprint density at radius 1 is 1.32 bits per heavy atom. The van der Waals surface area contributed by atoms with Gasteiger partial charge >= 0.3 is 0 Å². The molecule has 0 spiro atoms. The summed E-state index contributed by atoms with van der Waals surface area (Å²) in [4.78, 5) is 4.74. The highest BCUT2D eigenvalue weighted by Crippen LogP contribution is 2.19. The van der Waals surface area contributed by atoms with Crippen molar-refractivity contribution in [3.8, 4) is 0 Å². The second-order valence-corrected chi connectivity index (χ2v) is 4.65. The third kappa shape index (κ3) is 3.14. The van der Waals surface area contributed by atoms with Crippen LogP contribution in [0.2, 0.25) is 0 Å². The van der Waals surface area contributed by atoms with Gasteiger partial charge in [-0.15, -0.1) is 0 Å². The summed E-state index contributed by atoms with van der Waals surface area (Å²) in [6, 6.07) is 6.30. The molecule has 0 amide bonds. The number of fused-ring (bicyclic) bond motifs is 1. The van der Waals surface area contributed by atoms with Crippen molar-refractivity contribution in [2.75, 3.05) is 13.2 Å². The molecule has 19 heavy (non-hydrogen) atoms. The van der Waals surface area contributed by atoms with Crippen molar-refractivity contribution in [1.29, 1.82) is 0 Å². The molecule has 0 unspecified atom stereocenters. The van der Waals surface area contributed by atoms with Crippen molar-refractivity contribution < 1.29 is 4.74 Å². The van der Waals surface area contributed by atoms with Gasteiger partial charge in [-0.2, -0.15) is 0 Å². The van der Waals surface area contributed by atoms with E-state index in [-0.39, 0.29) is 0 Å². The number of nitrogens with two attached hydrogens (primary N) is 1. The Morgan fingerprint density at radius 3 is 2.84 bits per heavy atom. The first kappa shape index (κ1) is 14.0. The monoisotopic (exact) mass is 261 g/mol. The third-order valence-corrected chi connectivity index (χ3v) is 3.25. The van der Waals surface area contributed by atoms with E-state index in [9.17, 15) is 0 Å². The first-order valence-electron chi connectivity index (χ1n) is 7.06. The molecule has 1 aromatic heterocycles. The lowest BCUT2D eigenvalue weighted by molar-refractivity contribution is 0.149. The van der Waals surface area contributed by atoms with Gasteiger partial charge in [-0.3, -0.25) is 0 Å². The highest BCUT2D eigenvalue weighted by Gasteiger charge is 2.10. The first-order chi connectivity index (χ1) is 9.30. The standard InChI is InChI=1S/C15H23N3O/c1-3-8-18-14-6-5-12(11-16)10-13(14)17-15(18)7-9-19-4-2/h5-6,10H,3-4,7-9,11,16H2,1-2H3. The Hall–Kier alpha value is -1.39. The molecule has 1 aromatic carbocycles. The molecule has 2 rings (SSSR count). The predicted octanol–water partition coefficient (Wildman–Crippen LogP) is 2.48. The average Bonchev–Trinajstić information content (AvgIpc) is 2.77. The van der Waals surface area contributed by atoms with Crippen molar-refractivity contribution in [3.63, 3.8) is 0 Å². The topological polar surface area (TPSA) is 53.1 Å². The van der Waals surface area contributed by atoms with Gasteiger partial charge in [0.1, 0.15) is 5.82 Å².